The zero-order chi connectivity index (χ0) is 17.6. The molecule has 3 rings (SSSR count). The Kier molecular flexibility index (Phi) is 5.65. The maximum atomic E-state index is 12.0. The minimum absolute atomic E-state index is 0.0977. The largest absolute Gasteiger partial charge is 0.357 e. The van der Waals surface area contributed by atoms with Crippen LogP contribution in [0.2, 0.25) is 0 Å². The number of nitrogens with one attached hydrogen (secondary N) is 2. The number of rotatable bonds is 5. The van der Waals surface area contributed by atoms with Gasteiger partial charge in [0.15, 0.2) is 0 Å². The molecule has 6 nitrogen and oxygen atoms in total. The summed E-state index contributed by atoms with van der Waals surface area (Å²) in [4.78, 5) is 31.3. The van der Waals surface area contributed by atoms with Gasteiger partial charge in [-0.1, -0.05) is 6.07 Å². The number of pyridine rings is 1. The van der Waals surface area contributed by atoms with Gasteiger partial charge in [-0.15, -0.1) is 11.3 Å². The predicted octanol–water partition coefficient (Wildman–Crippen LogP) is 2.75. The van der Waals surface area contributed by atoms with Crippen molar-refractivity contribution in [3.05, 3.63) is 40.7 Å². The lowest BCUT2D eigenvalue weighted by Gasteiger charge is -2.32. The van der Waals surface area contributed by atoms with Crippen LogP contribution in [0.1, 0.15) is 29.4 Å². The molecule has 0 aromatic carbocycles. The standard InChI is InChI=1S/C18H22N4O2S/c1-2-19-17(23)13-7-9-22(10-8-13)16-6-5-14(12-20-16)21-18(24)15-4-3-11-25-15/h3-6,11-13H,2,7-10H2,1H3,(H,19,23)(H,21,24). The summed E-state index contributed by atoms with van der Waals surface area (Å²) in [6, 6.07) is 7.42. The molecule has 0 unspecified atom stereocenters. The van der Waals surface area contributed by atoms with Crippen LogP contribution in [0.3, 0.4) is 0 Å². The third-order valence-corrected chi connectivity index (χ3v) is 5.16. The van der Waals surface area contributed by atoms with Gasteiger partial charge in [0.25, 0.3) is 5.91 Å². The van der Waals surface area contributed by atoms with Crippen molar-refractivity contribution in [2.24, 2.45) is 5.92 Å². The lowest BCUT2D eigenvalue weighted by atomic mass is 9.96. The number of carbonyl (C=O) groups is 2. The van der Waals surface area contributed by atoms with Crippen LogP contribution < -0.4 is 15.5 Å². The number of hydrogen-bond donors (Lipinski definition) is 2. The van der Waals surface area contributed by atoms with E-state index in [2.05, 4.69) is 20.5 Å². The van der Waals surface area contributed by atoms with E-state index in [0.717, 1.165) is 31.7 Å². The minimum Gasteiger partial charge on any atom is -0.357 e. The number of piperidine rings is 1. The molecule has 0 spiro atoms. The number of aromatic nitrogens is 1. The molecule has 2 N–H and O–H groups in total. The first-order valence-corrected chi connectivity index (χ1v) is 9.39. The van der Waals surface area contributed by atoms with Crippen LogP contribution in [0.4, 0.5) is 11.5 Å². The molecule has 0 aliphatic carbocycles. The van der Waals surface area contributed by atoms with Crippen LogP contribution in [-0.4, -0.2) is 36.4 Å². The highest BCUT2D eigenvalue weighted by Gasteiger charge is 2.25. The molecule has 0 radical (unpaired) electrons. The fourth-order valence-corrected chi connectivity index (χ4v) is 3.56. The Hall–Kier alpha value is -2.41. The van der Waals surface area contributed by atoms with E-state index in [1.165, 1.54) is 11.3 Å². The van der Waals surface area contributed by atoms with Gasteiger partial charge in [-0.25, -0.2) is 4.98 Å². The van der Waals surface area contributed by atoms with E-state index in [4.69, 9.17) is 0 Å². The monoisotopic (exact) mass is 358 g/mol. The summed E-state index contributed by atoms with van der Waals surface area (Å²) in [6.07, 6.45) is 3.35. The summed E-state index contributed by atoms with van der Waals surface area (Å²) in [5, 5.41) is 7.62. The van der Waals surface area contributed by atoms with Crippen LogP contribution in [-0.2, 0) is 4.79 Å². The molecular formula is C18H22N4O2S. The first-order valence-electron chi connectivity index (χ1n) is 8.51. The van der Waals surface area contributed by atoms with Gasteiger partial charge >= 0.3 is 0 Å². The minimum atomic E-state index is -0.118. The first kappa shape index (κ1) is 17.4. The molecule has 1 aliphatic rings. The number of anilines is 2. The van der Waals surface area contributed by atoms with E-state index < -0.39 is 0 Å². The molecule has 2 aromatic rings. The van der Waals surface area contributed by atoms with E-state index in [1.54, 1.807) is 12.3 Å². The van der Waals surface area contributed by atoms with E-state index in [-0.39, 0.29) is 17.7 Å². The van der Waals surface area contributed by atoms with Crippen LogP contribution in [0.5, 0.6) is 0 Å². The first-order chi connectivity index (χ1) is 12.2. The van der Waals surface area contributed by atoms with Crippen molar-refractivity contribution in [1.29, 1.82) is 0 Å². The van der Waals surface area contributed by atoms with Crippen LogP contribution in [0.25, 0.3) is 0 Å². The smallest absolute Gasteiger partial charge is 0.265 e. The molecule has 1 aliphatic heterocycles. The Morgan fingerprint density at radius 2 is 2.08 bits per heavy atom. The van der Waals surface area contributed by atoms with E-state index in [0.29, 0.717) is 17.1 Å². The van der Waals surface area contributed by atoms with Crippen LogP contribution in [0, 0.1) is 5.92 Å². The van der Waals surface area contributed by atoms with Gasteiger partial charge in [0, 0.05) is 25.6 Å². The van der Waals surface area contributed by atoms with Crippen molar-refractivity contribution in [3.63, 3.8) is 0 Å². The zero-order valence-electron chi connectivity index (χ0n) is 14.2. The average molecular weight is 358 g/mol. The SMILES string of the molecule is CCNC(=O)C1CCN(c2ccc(NC(=O)c3cccs3)cn2)CC1. The van der Waals surface area contributed by atoms with E-state index >= 15 is 0 Å². The Bertz CT molecular complexity index is 707. The second kappa shape index (κ2) is 8.11. The quantitative estimate of drug-likeness (QED) is 0.862. The molecular weight excluding hydrogens is 336 g/mol. The Morgan fingerprint density at radius 3 is 2.68 bits per heavy atom. The summed E-state index contributed by atoms with van der Waals surface area (Å²) in [5.41, 5.74) is 0.680. The number of amides is 2. The van der Waals surface area contributed by atoms with Crippen molar-refractivity contribution in [1.82, 2.24) is 10.3 Å². The number of hydrogen-bond acceptors (Lipinski definition) is 5. The molecule has 0 atom stereocenters. The maximum Gasteiger partial charge on any atom is 0.265 e. The molecule has 2 amide bonds. The van der Waals surface area contributed by atoms with Crippen molar-refractivity contribution in [2.45, 2.75) is 19.8 Å². The fourth-order valence-electron chi connectivity index (χ4n) is 2.94. The lowest BCUT2D eigenvalue weighted by Crippen LogP contribution is -2.40. The lowest BCUT2D eigenvalue weighted by molar-refractivity contribution is -0.125. The molecule has 25 heavy (non-hydrogen) atoms. The Morgan fingerprint density at radius 1 is 1.28 bits per heavy atom. The van der Waals surface area contributed by atoms with Gasteiger partial charge < -0.3 is 15.5 Å². The van der Waals surface area contributed by atoms with Gasteiger partial charge in [-0.05, 0) is 43.3 Å². The third kappa shape index (κ3) is 4.36. The van der Waals surface area contributed by atoms with Crippen molar-refractivity contribution in [2.75, 3.05) is 29.9 Å². The summed E-state index contributed by atoms with van der Waals surface area (Å²) in [6.45, 7) is 4.25. The Balaban J connectivity index is 1.54. The van der Waals surface area contributed by atoms with Gasteiger partial charge in [0.05, 0.1) is 16.8 Å². The average Bonchev–Trinajstić information content (AvgIpc) is 3.18. The second-order valence-electron chi connectivity index (χ2n) is 5.99. The molecule has 7 heteroatoms. The van der Waals surface area contributed by atoms with Crippen LogP contribution in [0.15, 0.2) is 35.8 Å². The van der Waals surface area contributed by atoms with Crippen molar-refractivity contribution < 1.29 is 9.59 Å². The molecule has 0 saturated carbocycles. The summed E-state index contributed by atoms with van der Waals surface area (Å²) in [7, 11) is 0. The zero-order valence-corrected chi connectivity index (χ0v) is 15.0. The second-order valence-corrected chi connectivity index (χ2v) is 6.94. The third-order valence-electron chi connectivity index (χ3n) is 4.29. The van der Waals surface area contributed by atoms with Gasteiger partial charge in [-0.2, -0.15) is 0 Å². The summed E-state index contributed by atoms with van der Waals surface area (Å²) < 4.78 is 0. The molecule has 0 bridgehead atoms. The molecule has 132 valence electrons. The normalized spacial score (nSPS) is 15.0. The van der Waals surface area contributed by atoms with Crippen molar-refractivity contribution >= 4 is 34.7 Å². The van der Waals surface area contributed by atoms with Gasteiger partial charge in [-0.3, -0.25) is 9.59 Å². The fraction of sp³-hybridized carbons (Fsp3) is 0.389. The van der Waals surface area contributed by atoms with E-state index in [9.17, 15) is 9.59 Å². The van der Waals surface area contributed by atoms with Gasteiger partial charge in [0.2, 0.25) is 5.91 Å². The topological polar surface area (TPSA) is 74.3 Å². The summed E-state index contributed by atoms with van der Waals surface area (Å²) >= 11 is 1.41. The number of carbonyl (C=O) groups excluding carboxylic acids is 2. The molecule has 2 aromatic heterocycles. The molecule has 1 fully saturated rings. The van der Waals surface area contributed by atoms with Crippen molar-refractivity contribution in [3.8, 4) is 0 Å². The molecule has 1 saturated heterocycles. The van der Waals surface area contributed by atoms with E-state index in [1.807, 2.05) is 30.5 Å². The molecule has 3 heterocycles. The summed E-state index contributed by atoms with van der Waals surface area (Å²) in [5.74, 6) is 1.01. The highest BCUT2D eigenvalue weighted by molar-refractivity contribution is 7.12. The van der Waals surface area contributed by atoms with Crippen LogP contribution >= 0.6 is 11.3 Å². The predicted molar refractivity (Wildman–Crippen MR) is 100 cm³/mol. The highest BCUT2D eigenvalue weighted by Crippen LogP contribution is 2.23. The van der Waals surface area contributed by atoms with Gasteiger partial charge in [0.1, 0.15) is 5.82 Å². The highest BCUT2D eigenvalue weighted by atomic mass is 32.1. The Labute approximate surface area is 151 Å². The maximum absolute atomic E-state index is 12.0. The number of thiophene rings is 1. The number of nitrogens with zero attached hydrogens (tertiary/aromatic N) is 2.